The summed E-state index contributed by atoms with van der Waals surface area (Å²) in [6.45, 7) is 0.0270. The molecule has 1 aromatic rings. The Kier molecular flexibility index (Phi) is 4.16. The molecule has 1 aliphatic rings. The second kappa shape index (κ2) is 5.84. The third kappa shape index (κ3) is 3.12. The second-order valence-electron chi connectivity index (χ2n) is 4.81. The van der Waals surface area contributed by atoms with E-state index in [0.717, 1.165) is 5.56 Å². The zero-order valence-corrected chi connectivity index (χ0v) is 10.5. The maximum absolute atomic E-state index is 11.8. The van der Waals surface area contributed by atoms with E-state index in [1.807, 2.05) is 30.3 Å². The van der Waals surface area contributed by atoms with Gasteiger partial charge in [-0.25, -0.2) is 0 Å². The second-order valence-corrected chi connectivity index (χ2v) is 4.81. The molecule has 1 aliphatic heterocycles. The molecule has 0 radical (unpaired) electrons. The van der Waals surface area contributed by atoms with Crippen molar-refractivity contribution in [3.63, 3.8) is 0 Å². The monoisotopic (exact) mass is 263 g/mol. The Morgan fingerprint density at radius 1 is 1.37 bits per heavy atom. The molecule has 2 rings (SSSR count). The summed E-state index contributed by atoms with van der Waals surface area (Å²) in [6.07, 6.45) is 0.566. The Labute approximate surface area is 111 Å². The third-order valence-corrected chi connectivity index (χ3v) is 3.47. The van der Waals surface area contributed by atoms with Crippen molar-refractivity contribution in [3.8, 4) is 0 Å². The summed E-state index contributed by atoms with van der Waals surface area (Å²) in [7, 11) is 0. The van der Waals surface area contributed by atoms with E-state index in [2.05, 4.69) is 0 Å². The predicted molar refractivity (Wildman–Crippen MR) is 68.5 cm³/mol. The Bertz CT molecular complexity index is 460. The van der Waals surface area contributed by atoms with Crippen molar-refractivity contribution in [2.24, 2.45) is 5.92 Å². The number of hydrogen-bond acceptors (Lipinski definition) is 3. The van der Waals surface area contributed by atoms with Gasteiger partial charge in [-0.15, -0.1) is 0 Å². The minimum Gasteiger partial charge on any atom is -0.481 e. The van der Waals surface area contributed by atoms with Crippen molar-refractivity contribution in [1.29, 1.82) is 0 Å². The molecule has 2 unspecified atom stereocenters. The lowest BCUT2D eigenvalue weighted by Crippen LogP contribution is -2.41. The molecule has 2 atom stereocenters. The van der Waals surface area contributed by atoms with Gasteiger partial charge < -0.3 is 15.1 Å². The lowest BCUT2D eigenvalue weighted by molar-refractivity contribution is -0.141. The molecule has 1 fully saturated rings. The number of rotatable bonds is 5. The van der Waals surface area contributed by atoms with E-state index in [0.29, 0.717) is 6.42 Å². The van der Waals surface area contributed by atoms with E-state index >= 15 is 0 Å². The van der Waals surface area contributed by atoms with Crippen molar-refractivity contribution < 1.29 is 19.8 Å². The minimum absolute atomic E-state index is 0.0284. The molecule has 1 heterocycles. The molecule has 0 bridgehead atoms. The van der Waals surface area contributed by atoms with Crippen molar-refractivity contribution >= 4 is 11.9 Å². The first-order valence-corrected chi connectivity index (χ1v) is 6.29. The maximum atomic E-state index is 11.8. The molecule has 1 amide bonds. The number of aliphatic carboxylic acids is 1. The van der Waals surface area contributed by atoms with Crippen LogP contribution in [0.5, 0.6) is 0 Å². The molecule has 1 saturated heterocycles. The Balaban J connectivity index is 2.06. The number of nitrogens with zero attached hydrogens (tertiary/aromatic N) is 1. The smallest absolute Gasteiger partial charge is 0.308 e. The van der Waals surface area contributed by atoms with Crippen LogP contribution < -0.4 is 0 Å². The average Bonchev–Trinajstić information content (AvgIpc) is 2.79. The number of amides is 1. The number of likely N-dealkylation sites (tertiary alicyclic amines) is 1. The van der Waals surface area contributed by atoms with Crippen LogP contribution in [0, 0.1) is 5.92 Å². The van der Waals surface area contributed by atoms with Gasteiger partial charge in [-0.1, -0.05) is 30.3 Å². The Morgan fingerprint density at radius 3 is 2.58 bits per heavy atom. The molecule has 2 N–H and O–H groups in total. The zero-order valence-electron chi connectivity index (χ0n) is 10.5. The zero-order chi connectivity index (χ0) is 13.8. The number of aliphatic hydroxyl groups is 1. The van der Waals surface area contributed by atoms with E-state index < -0.39 is 11.9 Å². The van der Waals surface area contributed by atoms with Gasteiger partial charge in [-0.2, -0.15) is 0 Å². The van der Waals surface area contributed by atoms with Crippen LogP contribution >= 0.6 is 0 Å². The van der Waals surface area contributed by atoms with Gasteiger partial charge in [0.25, 0.3) is 0 Å². The van der Waals surface area contributed by atoms with Gasteiger partial charge >= 0.3 is 5.97 Å². The number of carbonyl (C=O) groups is 2. The fourth-order valence-corrected chi connectivity index (χ4v) is 2.41. The molecule has 1 aromatic carbocycles. The van der Waals surface area contributed by atoms with Crippen molar-refractivity contribution in [2.75, 3.05) is 13.2 Å². The average molecular weight is 263 g/mol. The van der Waals surface area contributed by atoms with Gasteiger partial charge in [-0.05, 0) is 12.0 Å². The first-order valence-electron chi connectivity index (χ1n) is 6.29. The van der Waals surface area contributed by atoms with Crippen molar-refractivity contribution in [1.82, 2.24) is 4.90 Å². The van der Waals surface area contributed by atoms with E-state index in [4.69, 9.17) is 5.11 Å². The summed E-state index contributed by atoms with van der Waals surface area (Å²) in [5.74, 6) is -1.80. The van der Waals surface area contributed by atoms with Gasteiger partial charge in [0.2, 0.25) is 5.91 Å². The molecular formula is C14H17NO4. The lowest BCUT2D eigenvalue weighted by Gasteiger charge is -2.26. The van der Waals surface area contributed by atoms with Crippen LogP contribution in [0.2, 0.25) is 0 Å². The first kappa shape index (κ1) is 13.5. The van der Waals surface area contributed by atoms with Gasteiger partial charge in [0.05, 0.1) is 18.6 Å². The number of hydrogen-bond donors (Lipinski definition) is 2. The molecule has 19 heavy (non-hydrogen) atoms. The number of carboxylic acid groups (broad SMARTS) is 1. The summed E-state index contributed by atoms with van der Waals surface area (Å²) < 4.78 is 0. The molecule has 0 spiro atoms. The van der Waals surface area contributed by atoms with Gasteiger partial charge in [0, 0.05) is 13.0 Å². The number of benzene rings is 1. The highest BCUT2D eigenvalue weighted by Gasteiger charge is 2.37. The minimum atomic E-state index is -0.952. The summed E-state index contributed by atoms with van der Waals surface area (Å²) in [4.78, 5) is 24.2. The Morgan fingerprint density at radius 2 is 2.05 bits per heavy atom. The van der Waals surface area contributed by atoms with Crippen LogP contribution in [-0.2, 0) is 16.0 Å². The molecule has 0 aliphatic carbocycles. The largest absolute Gasteiger partial charge is 0.481 e. The summed E-state index contributed by atoms with van der Waals surface area (Å²) >= 11 is 0. The molecule has 0 saturated carbocycles. The quantitative estimate of drug-likeness (QED) is 0.812. The summed E-state index contributed by atoms with van der Waals surface area (Å²) in [5, 5.41) is 18.4. The number of carbonyl (C=O) groups excluding carboxylic acids is 1. The van der Waals surface area contributed by atoms with Crippen molar-refractivity contribution in [2.45, 2.75) is 18.9 Å². The summed E-state index contributed by atoms with van der Waals surface area (Å²) in [6, 6.07) is 9.21. The van der Waals surface area contributed by atoms with Crippen LogP contribution in [0.4, 0.5) is 0 Å². The highest BCUT2D eigenvalue weighted by atomic mass is 16.4. The van der Waals surface area contributed by atoms with Crippen LogP contribution in [0.25, 0.3) is 0 Å². The van der Waals surface area contributed by atoms with E-state index in [1.54, 1.807) is 0 Å². The normalized spacial score (nSPS) is 20.6. The number of carboxylic acids is 1. The predicted octanol–water partition coefficient (Wildman–Crippen LogP) is 0.523. The van der Waals surface area contributed by atoms with Gasteiger partial charge in [0.1, 0.15) is 0 Å². The maximum Gasteiger partial charge on any atom is 0.308 e. The van der Waals surface area contributed by atoms with Crippen LogP contribution in [-0.4, -0.2) is 46.2 Å². The Hall–Kier alpha value is -1.88. The van der Waals surface area contributed by atoms with Gasteiger partial charge in [-0.3, -0.25) is 9.59 Å². The van der Waals surface area contributed by atoms with E-state index in [1.165, 1.54) is 4.90 Å². The fraction of sp³-hybridized carbons (Fsp3) is 0.429. The molecule has 102 valence electrons. The third-order valence-electron chi connectivity index (χ3n) is 3.47. The van der Waals surface area contributed by atoms with Crippen LogP contribution in [0.15, 0.2) is 30.3 Å². The van der Waals surface area contributed by atoms with E-state index in [-0.39, 0.29) is 31.5 Å². The first-order chi connectivity index (χ1) is 9.11. The fourth-order valence-electron chi connectivity index (χ4n) is 2.41. The SMILES string of the molecule is O=C(O)C1CC(=O)N(C(CO)Cc2ccccc2)C1. The van der Waals surface area contributed by atoms with Crippen LogP contribution in [0.1, 0.15) is 12.0 Å². The highest BCUT2D eigenvalue weighted by Crippen LogP contribution is 2.22. The molecule has 0 aromatic heterocycles. The number of aliphatic hydroxyl groups excluding tert-OH is 1. The molecular weight excluding hydrogens is 246 g/mol. The van der Waals surface area contributed by atoms with Gasteiger partial charge in [0.15, 0.2) is 0 Å². The van der Waals surface area contributed by atoms with E-state index in [9.17, 15) is 14.7 Å². The van der Waals surface area contributed by atoms with Crippen LogP contribution in [0.3, 0.4) is 0 Å². The molecule has 5 nitrogen and oxygen atoms in total. The van der Waals surface area contributed by atoms with Crippen molar-refractivity contribution in [3.05, 3.63) is 35.9 Å². The highest BCUT2D eigenvalue weighted by molar-refractivity contribution is 5.86. The standard InChI is InChI=1S/C14H17NO4/c16-9-12(6-10-4-2-1-3-5-10)15-8-11(14(18)19)7-13(15)17/h1-5,11-12,16H,6-9H2,(H,18,19). The lowest BCUT2D eigenvalue weighted by atomic mass is 10.1. The molecule has 5 heteroatoms. The topological polar surface area (TPSA) is 77.8 Å². The summed E-state index contributed by atoms with van der Waals surface area (Å²) in [5.41, 5.74) is 1.02.